The molecule has 1 N–H and O–H groups in total. The molecule has 138 valence electrons. The van der Waals surface area contributed by atoms with E-state index in [-0.39, 0.29) is 11.4 Å². The molecule has 1 aromatic heterocycles. The normalized spacial score (nSPS) is 10.5. The second-order valence-corrected chi connectivity index (χ2v) is 6.98. The number of halogens is 1. The van der Waals surface area contributed by atoms with Crippen LogP contribution >= 0.6 is 22.9 Å². The number of amides is 1. The Morgan fingerprint density at radius 3 is 2.74 bits per heavy atom. The fourth-order valence-electron chi connectivity index (χ4n) is 2.44. The maximum atomic E-state index is 12.7. The molecule has 0 spiro atoms. The number of rotatable bonds is 5. The molecule has 0 bridgehead atoms. The zero-order valence-corrected chi connectivity index (χ0v) is 15.9. The van der Waals surface area contributed by atoms with Crippen LogP contribution in [0.2, 0.25) is 5.02 Å². The molecule has 0 atom stereocenters. The van der Waals surface area contributed by atoms with E-state index in [4.69, 9.17) is 16.3 Å². The Kier molecular flexibility index (Phi) is 5.38. The Morgan fingerprint density at radius 2 is 2.07 bits per heavy atom. The molecule has 1 heterocycles. The van der Waals surface area contributed by atoms with Gasteiger partial charge in [0, 0.05) is 22.7 Å². The first kappa shape index (κ1) is 18.8. The molecule has 2 aromatic carbocycles. The van der Waals surface area contributed by atoms with Gasteiger partial charge in [0.05, 0.1) is 23.4 Å². The number of nitro benzene ring substituents is 1. The molecule has 0 unspecified atom stereocenters. The molecule has 0 aliphatic rings. The lowest BCUT2D eigenvalue weighted by Gasteiger charge is -2.09. The number of methoxy groups -OCH3 is 1. The number of aryl methyl sites for hydroxylation is 1. The monoisotopic (exact) mass is 403 g/mol. The summed E-state index contributed by atoms with van der Waals surface area (Å²) in [5.41, 5.74) is 1.43. The van der Waals surface area contributed by atoms with Crippen LogP contribution in [0.25, 0.3) is 10.6 Å². The van der Waals surface area contributed by atoms with Crippen LogP contribution in [-0.2, 0) is 0 Å². The minimum atomic E-state index is -0.537. The zero-order valence-electron chi connectivity index (χ0n) is 14.4. The largest absolute Gasteiger partial charge is 0.495 e. The van der Waals surface area contributed by atoms with Gasteiger partial charge >= 0.3 is 0 Å². The van der Waals surface area contributed by atoms with Gasteiger partial charge in [0.15, 0.2) is 0 Å². The minimum Gasteiger partial charge on any atom is -0.495 e. The number of aromatic nitrogens is 1. The van der Waals surface area contributed by atoms with Crippen molar-refractivity contribution in [3.05, 3.63) is 68.2 Å². The van der Waals surface area contributed by atoms with Crippen LogP contribution in [0.5, 0.6) is 5.75 Å². The quantitative estimate of drug-likeness (QED) is 0.481. The van der Waals surface area contributed by atoms with Crippen LogP contribution in [0.3, 0.4) is 0 Å². The predicted octanol–water partition coefficient (Wildman–Crippen LogP) is 4.94. The summed E-state index contributed by atoms with van der Waals surface area (Å²) >= 11 is 7.23. The number of nitrogens with one attached hydrogen (secondary N) is 1. The van der Waals surface area contributed by atoms with Gasteiger partial charge in [-0.1, -0.05) is 23.7 Å². The highest BCUT2D eigenvalue weighted by molar-refractivity contribution is 7.17. The fourth-order valence-corrected chi connectivity index (χ4v) is 3.59. The molecular formula is C18H14ClN3O4S. The van der Waals surface area contributed by atoms with Gasteiger partial charge in [-0.25, -0.2) is 4.98 Å². The number of benzene rings is 2. The van der Waals surface area contributed by atoms with Gasteiger partial charge in [-0.2, -0.15) is 0 Å². The fraction of sp³-hybridized carbons (Fsp3) is 0.111. The predicted molar refractivity (Wildman–Crippen MR) is 105 cm³/mol. The summed E-state index contributed by atoms with van der Waals surface area (Å²) in [5, 5.41) is 14.9. The smallest absolute Gasteiger partial charge is 0.271 e. The third-order valence-corrected chi connectivity index (χ3v) is 5.16. The van der Waals surface area contributed by atoms with E-state index in [9.17, 15) is 14.9 Å². The summed E-state index contributed by atoms with van der Waals surface area (Å²) in [5.74, 6) is -0.0942. The Morgan fingerprint density at radius 1 is 1.30 bits per heavy atom. The number of carbonyl (C=O) groups is 1. The van der Waals surface area contributed by atoms with Crippen molar-refractivity contribution < 1.29 is 14.5 Å². The molecule has 9 heteroatoms. The summed E-state index contributed by atoms with van der Waals surface area (Å²) in [7, 11) is 1.42. The summed E-state index contributed by atoms with van der Waals surface area (Å²) in [6, 6.07) is 11.2. The third kappa shape index (κ3) is 4.07. The molecule has 0 radical (unpaired) electrons. The van der Waals surface area contributed by atoms with Gasteiger partial charge in [-0.05, 0) is 25.1 Å². The van der Waals surface area contributed by atoms with Crippen LogP contribution in [0.15, 0.2) is 42.5 Å². The summed E-state index contributed by atoms with van der Waals surface area (Å²) in [6.07, 6.45) is 0. The second-order valence-electron chi connectivity index (χ2n) is 5.54. The van der Waals surface area contributed by atoms with E-state index in [1.54, 1.807) is 19.1 Å². The summed E-state index contributed by atoms with van der Waals surface area (Å²) < 4.78 is 5.17. The number of thiazole rings is 1. The Labute approximate surface area is 163 Å². The topological polar surface area (TPSA) is 94.4 Å². The maximum absolute atomic E-state index is 12.7. The molecule has 0 saturated heterocycles. The SMILES string of the molecule is COc1ccc([N+](=O)[O-])cc1NC(=O)c1sc(-c2cccc(Cl)c2)nc1C. The molecule has 3 rings (SSSR count). The van der Waals surface area contributed by atoms with Crippen molar-refractivity contribution in [2.45, 2.75) is 6.92 Å². The van der Waals surface area contributed by atoms with Crippen molar-refractivity contribution >= 4 is 40.2 Å². The lowest BCUT2D eigenvalue weighted by molar-refractivity contribution is -0.384. The van der Waals surface area contributed by atoms with Gasteiger partial charge in [-0.15, -0.1) is 11.3 Å². The number of nitro groups is 1. The average molecular weight is 404 g/mol. The van der Waals surface area contributed by atoms with E-state index < -0.39 is 10.8 Å². The van der Waals surface area contributed by atoms with E-state index in [2.05, 4.69) is 10.3 Å². The van der Waals surface area contributed by atoms with E-state index in [1.165, 1.54) is 36.6 Å². The van der Waals surface area contributed by atoms with Crippen molar-refractivity contribution in [1.29, 1.82) is 0 Å². The number of ether oxygens (including phenoxy) is 1. The molecule has 1 amide bonds. The second kappa shape index (κ2) is 7.73. The number of hydrogen-bond acceptors (Lipinski definition) is 6. The van der Waals surface area contributed by atoms with Crippen LogP contribution in [-0.4, -0.2) is 22.9 Å². The van der Waals surface area contributed by atoms with Crippen molar-refractivity contribution in [3.63, 3.8) is 0 Å². The summed E-state index contributed by atoms with van der Waals surface area (Å²) in [6.45, 7) is 1.73. The summed E-state index contributed by atoms with van der Waals surface area (Å²) in [4.78, 5) is 28.0. The van der Waals surface area contributed by atoms with E-state index in [0.29, 0.717) is 26.4 Å². The van der Waals surface area contributed by atoms with Crippen LogP contribution in [0.1, 0.15) is 15.4 Å². The lowest BCUT2D eigenvalue weighted by atomic mass is 10.2. The Balaban J connectivity index is 1.91. The molecular weight excluding hydrogens is 390 g/mol. The Hall–Kier alpha value is -2.97. The van der Waals surface area contributed by atoms with Crippen LogP contribution in [0.4, 0.5) is 11.4 Å². The van der Waals surface area contributed by atoms with Gasteiger partial charge in [-0.3, -0.25) is 14.9 Å². The highest BCUT2D eigenvalue weighted by atomic mass is 35.5. The van der Waals surface area contributed by atoms with Crippen molar-refractivity contribution in [1.82, 2.24) is 4.98 Å². The highest BCUT2D eigenvalue weighted by Crippen LogP contribution is 2.32. The van der Waals surface area contributed by atoms with Crippen LogP contribution < -0.4 is 10.1 Å². The Bertz CT molecular complexity index is 1040. The number of anilines is 1. The molecule has 7 nitrogen and oxygen atoms in total. The maximum Gasteiger partial charge on any atom is 0.271 e. The zero-order chi connectivity index (χ0) is 19.6. The van der Waals surface area contributed by atoms with Crippen molar-refractivity contribution in [3.8, 4) is 16.3 Å². The number of carbonyl (C=O) groups excluding carboxylic acids is 1. The van der Waals surface area contributed by atoms with Gasteiger partial charge in [0.2, 0.25) is 0 Å². The van der Waals surface area contributed by atoms with E-state index >= 15 is 0 Å². The van der Waals surface area contributed by atoms with E-state index in [0.717, 1.165) is 5.56 Å². The first-order chi connectivity index (χ1) is 12.9. The first-order valence-electron chi connectivity index (χ1n) is 7.76. The highest BCUT2D eigenvalue weighted by Gasteiger charge is 2.19. The third-order valence-electron chi connectivity index (χ3n) is 3.72. The molecule has 3 aromatic rings. The number of hydrogen-bond donors (Lipinski definition) is 1. The molecule has 0 aliphatic carbocycles. The van der Waals surface area contributed by atoms with Gasteiger partial charge in [0.1, 0.15) is 15.6 Å². The van der Waals surface area contributed by atoms with Crippen LogP contribution in [0, 0.1) is 17.0 Å². The minimum absolute atomic E-state index is 0.147. The lowest BCUT2D eigenvalue weighted by Crippen LogP contribution is -2.12. The molecule has 27 heavy (non-hydrogen) atoms. The molecule has 0 saturated carbocycles. The molecule has 0 fully saturated rings. The number of nitrogens with zero attached hydrogens (tertiary/aromatic N) is 2. The number of non-ortho nitro benzene ring substituents is 1. The van der Waals surface area contributed by atoms with Gasteiger partial charge in [0.25, 0.3) is 11.6 Å². The van der Waals surface area contributed by atoms with E-state index in [1.807, 2.05) is 12.1 Å². The van der Waals surface area contributed by atoms with Crippen molar-refractivity contribution in [2.75, 3.05) is 12.4 Å². The molecule has 0 aliphatic heterocycles. The first-order valence-corrected chi connectivity index (χ1v) is 8.95. The van der Waals surface area contributed by atoms with Gasteiger partial charge < -0.3 is 10.1 Å². The average Bonchev–Trinajstić information content (AvgIpc) is 3.03. The standard InChI is InChI=1S/C18H14ClN3O4S/c1-10-16(27-18(20-10)11-4-3-5-12(19)8-11)17(23)21-14-9-13(22(24)25)6-7-15(14)26-2/h3-9H,1-2H3,(H,21,23). The van der Waals surface area contributed by atoms with Crippen molar-refractivity contribution in [2.24, 2.45) is 0 Å².